The van der Waals surface area contributed by atoms with Gasteiger partial charge in [-0.1, -0.05) is 11.6 Å². The van der Waals surface area contributed by atoms with E-state index in [0.717, 1.165) is 36.4 Å². The lowest BCUT2D eigenvalue weighted by Crippen LogP contribution is -2.34. The summed E-state index contributed by atoms with van der Waals surface area (Å²) in [5, 5.41) is 11.6. The zero-order chi connectivity index (χ0) is 21.8. The van der Waals surface area contributed by atoms with Crippen LogP contribution in [0.25, 0.3) is 0 Å². The SMILES string of the molecule is CCN(Oc1cc(Oc2ccc(C(F)(F)F)cc2Cl)ccc1[N+](=O)[O-])C(=O)OC. The Kier molecular flexibility index (Phi) is 6.75. The Morgan fingerprint density at radius 3 is 2.41 bits per heavy atom. The maximum atomic E-state index is 12.7. The molecule has 2 aromatic carbocycles. The number of hydroxylamine groups is 2. The molecule has 0 radical (unpaired) electrons. The van der Waals surface area contributed by atoms with Crippen LogP contribution >= 0.6 is 11.6 Å². The largest absolute Gasteiger partial charge is 0.456 e. The Balaban J connectivity index is 2.35. The van der Waals surface area contributed by atoms with E-state index in [1.165, 1.54) is 6.07 Å². The van der Waals surface area contributed by atoms with Gasteiger partial charge in [-0.05, 0) is 31.2 Å². The van der Waals surface area contributed by atoms with Crippen molar-refractivity contribution in [3.63, 3.8) is 0 Å². The number of methoxy groups -OCH3 is 1. The summed E-state index contributed by atoms with van der Waals surface area (Å²) < 4.78 is 48.1. The van der Waals surface area contributed by atoms with Gasteiger partial charge in [0.25, 0.3) is 0 Å². The summed E-state index contributed by atoms with van der Waals surface area (Å²) in [6.07, 6.45) is -5.47. The Hall–Kier alpha value is -3.21. The van der Waals surface area contributed by atoms with Gasteiger partial charge in [0, 0.05) is 12.1 Å². The summed E-state index contributed by atoms with van der Waals surface area (Å²) in [5.74, 6) is -0.476. The number of amides is 1. The first-order chi connectivity index (χ1) is 13.6. The molecule has 8 nitrogen and oxygen atoms in total. The second-order valence-corrected chi connectivity index (χ2v) is 5.79. The van der Waals surface area contributed by atoms with Crippen molar-refractivity contribution in [1.29, 1.82) is 0 Å². The standard InChI is InChI=1S/C17H14ClF3N2O6/c1-3-22(16(24)27-2)29-15-9-11(5-6-13(15)23(25)26)28-14-7-4-10(8-12(14)18)17(19,20)21/h4-9H,3H2,1-2H3. The van der Waals surface area contributed by atoms with Gasteiger partial charge < -0.3 is 14.3 Å². The summed E-state index contributed by atoms with van der Waals surface area (Å²) in [6, 6.07) is 5.83. The number of alkyl halides is 3. The third-order valence-corrected chi connectivity index (χ3v) is 3.78. The van der Waals surface area contributed by atoms with Crippen LogP contribution in [0.15, 0.2) is 36.4 Å². The van der Waals surface area contributed by atoms with Crippen molar-refractivity contribution in [3.8, 4) is 17.2 Å². The number of nitrogens with zero attached hydrogens (tertiary/aromatic N) is 2. The van der Waals surface area contributed by atoms with Crippen molar-refractivity contribution in [2.24, 2.45) is 0 Å². The number of ether oxygens (including phenoxy) is 2. The number of benzene rings is 2. The van der Waals surface area contributed by atoms with E-state index in [-0.39, 0.29) is 28.8 Å². The zero-order valence-corrected chi connectivity index (χ0v) is 15.8. The lowest BCUT2D eigenvalue weighted by Gasteiger charge is -2.19. The molecule has 2 rings (SSSR count). The molecule has 0 bridgehead atoms. The number of hydrogen-bond donors (Lipinski definition) is 0. The molecule has 0 saturated carbocycles. The number of nitro groups is 1. The third-order valence-electron chi connectivity index (χ3n) is 3.49. The summed E-state index contributed by atoms with van der Waals surface area (Å²) in [4.78, 5) is 27.3. The topological polar surface area (TPSA) is 91.1 Å². The first kappa shape index (κ1) is 22.1. The average Bonchev–Trinajstić information content (AvgIpc) is 2.66. The highest BCUT2D eigenvalue weighted by molar-refractivity contribution is 6.32. The average molecular weight is 435 g/mol. The van der Waals surface area contributed by atoms with Crippen molar-refractivity contribution in [2.75, 3.05) is 13.7 Å². The fourth-order valence-corrected chi connectivity index (χ4v) is 2.34. The van der Waals surface area contributed by atoms with Crippen LogP contribution in [0.1, 0.15) is 12.5 Å². The Bertz CT molecular complexity index is 923. The van der Waals surface area contributed by atoms with Gasteiger partial charge in [-0.2, -0.15) is 13.2 Å². The molecule has 156 valence electrons. The Morgan fingerprint density at radius 1 is 1.21 bits per heavy atom. The molecule has 0 spiro atoms. The van der Waals surface area contributed by atoms with E-state index < -0.39 is 28.4 Å². The van der Waals surface area contributed by atoms with E-state index >= 15 is 0 Å². The van der Waals surface area contributed by atoms with E-state index in [9.17, 15) is 28.1 Å². The Labute approximate surface area is 167 Å². The molecule has 0 saturated heterocycles. The van der Waals surface area contributed by atoms with Gasteiger partial charge in [0.1, 0.15) is 11.5 Å². The highest BCUT2D eigenvalue weighted by atomic mass is 35.5. The highest BCUT2D eigenvalue weighted by Crippen LogP contribution is 2.38. The van der Waals surface area contributed by atoms with Gasteiger partial charge in [0.2, 0.25) is 5.75 Å². The molecule has 29 heavy (non-hydrogen) atoms. The van der Waals surface area contributed by atoms with Crippen molar-refractivity contribution >= 4 is 23.4 Å². The van der Waals surface area contributed by atoms with Crippen molar-refractivity contribution in [2.45, 2.75) is 13.1 Å². The van der Waals surface area contributed by atoms with Crippen molar-refractivity contribution < 1.29 is 37.2 Å². The van der Waals surface area contributed by atoms with Gasteiger partial charge in [0.15, 0.2) is 0 Å². The minimum absolute atomic E-state index is 0.0135. The second kappa shape index (κ2) is 8.86. The van der Waals surface area contributed by atoms with Gasteiger partial charge in [-0.3, -0.25) is 10.1 Å². The molecule has 0 aliphatic heterocycles. The zero-order valence-electron chi connectivity index (χ0n) is 15.0. The van der Waals surface area contributed by atoms with E-state index in [1.807, 2.05) is 0 Å². The summed E-state index contributed by atoms with van der Waals surface area (Å²) >= 11 is 5.84. The van der Waals surface area contributed by atoms with Crippen LogP contribution in [-0.2, 0) is 10.9 Å². The fraction of sp³-hybridized carbons (Fsp3) is 0.235. The number of rotatable bonds is 6. The number of carbonyl (C=O) groups is 1. The summed E-state index contributed by atoms with van der Waals surface area (Å²) in [7, 11) is 1.11. The Morgan fingerprint density at radius 2 is 1.90 bits per heavy atom. The van der Waals surface area contributed by atoms with Gasteiger partial charge in [0.05, 0.1) is 29.2 Å². The lowest BCUT2D eigenvalue weighted by molar-refractivity contribution is -0.386. The number of carbonyl (C=O) groups excluding carboxylic acids is 1. The molecule has 0 aliphatic carbocycles. The number of halogens is 4. The number of hydrogen-bond acceptors (Lipinski definition) is 6. The van der Waals surface area contributed by atoms with E-state index in [0.29, 0.717) is 6.07 Å². The van der Waals surface area contributed by atoms with Crippen LogP contribution in [0.2, 0.25) is 5.02 Å². The predicted molar refractivity (Wildman–Crippen MR) is 95.0 cm³/mol. The molecular formula is C17H14ClF3N2O6. The van der Waals surface area contributed by atoms with E-state index in [2.05, 4.69) is 4.74 Å². The molecule has 0 fully saturated rings. The number of nitro benzene ring substituents is 1. The summed E-state index contributed by atoms with van der Waals surface area (Å²) in [6.45, 7) is 1.56. The van der Waals surface area contributed by atoms with Crippen LogP contribution in [0.5, 0.6) is 17.2 Å². The molecule has 1 amide bonds. The molecule has 0 aliphatic rings. The molecule has 12 heteroatoms. The lowest BCUT2D eigenvalue weighted by atomic mass is 10.2. The highest BCUT2D eigenvalue weighted by Gasteiger charge is 2.31. The molecule has 0 unspecified atom stereocenters. The van der Waals surface area contributed by atoms with E-state index in [1.54, 1.807) is 6.92 Å². The van der Waals surface area contributed by atoms with Crippen LogP contribution in [0.4, 0.5) is 23.7 Å². The monoisotopic (exact) mass is 434 g/mol. The van der Waals surface area contributed by atoms with Crippen LogP contribution < -0.4 is 9.57 Å². The fourth-order valence-electron chi connectivity index (χ4n) is 2.12. The minimum atomic E-state index is -4.58. The van der Waals surface area contributed by atoms with Crippen LogP contribution in [0.3, 0.4) is 0 Å². The molecule has 0 heterocycles. The summed E-state index contributed by atoms with van der Waals surface area (Å²) in [5.41, 5.74) is -1.43. The van der Waals surface area contributed by atoms with Gasteiger partial charge in [-0.15, -0.1) is 5.06 Å². The van der Waals surface area contributed by atoms with Gasteiger partial charge >= 0.3 is 18.0 Å². The second-order valence-electron chi connectivity index (χ2n) is 5.39. The minimum Gasteiger partial charge on any atom is -0.456 e. The first-order valence-corrected chi connectivity index (χ1v) is 8.31. The van der Waals surface area contributed by atoms with Gasteiger partial charge in [-0.25, -0.2) is 4.79 Å². The van der Waals surface area contributed by atoms with E-state index in [4.69, 9.17) is 21.2 Å². The van der Waals surface area contributed by atoms with Crippen molar-refractivity contribution in [3.05, 3.63) is 57.1 Å². The molecule has 0 atom stereocenters. The van der Waals surface area contributed by atoms with Crippen LogP contribution in [-0.4, -0.2) is 29.7 Å². The molecule has 0 N–H and O–H groups in total. The quantitative estimate of drug-likeness (QED) is 0.444. The normalized spacial score (nSPS) is 11.0. The molecule has 0 aromatic heterocycles. The third kappa shape index (κ3) is 5.41. The molecular weight excluding hydrogens is 421 g/mol. The predicted octanol–water partition coefficient (Wildman–Crippen LogP) is 5.44. The van der Waals surface area contributed by atoms with Crippen LogP contribution in [0, 0.1) is 10.1 Å². The maximum Gasteiger partial charge on any atom is 0.442 e. The first-order valence-electron chi connectivity index (χ1n) is 7.93. The maximum absolute atomic E-state index is 12.7. The smallest absolute Gasteiger partial charge is 0.442 e. The molecule has 2 aromatic rings. The van der Waals surface area contributed by atoms with Crippen molar-refractivity contribution in [1.82, 2.24) is 5.06 Å².